The summed E-state index contributed by atoms with van der Waals surface area (Å²) < 4.78 is 6.20. The number of anilines is 3. The van der Waals surface area contributed by atoms with E-state index in [9.17, 15) is 0 Å². The molecule has 0 amide bonds. The Morgan fingerprint density at radius 3 is 1.20 bits per heavy atom. The van der Waals surface area contributed by atoms with E-state index >= 15 is 0 Å². The van der Waals surface area contributed by atoms with E-state index in [1.165, 1.54) is 11.1 Å². The fourth-order valence-corrected chi connectivity index (χ4v) is 5.54. The first-order chi connectivity index (χ1) is 21.4. The molecule has 5 aromatic carbocycles. The molecule has 0 saturated heterocycles. The van der Waals surface area contributed by atoms with Crippen molar-refractivity contribution in [3.05, 3.63) is 132 Å². The van der Waals surface area contributed by atoms with Crippen LogP contribution in [-0.4, -0.2) is 15.0 Å². The van der Waals surface area contributed by atoms with Crippen LogP contribution in [0.3, 0.4) is 0 Å². The molecule has 216 valence electrons. The number of hydrogen-bond donors (Lipinski definition) is 0. The molecule has 0 saturated carbocycles. The summed E-state index contributed by atoms with van der Waals surface area (Å²) in [6.07, 6.45) is 0. The van der Waals surface area contributed by atoms with Gasteiger partial charge < -0.3 is 9.64 Å². The normalized spacial score (nSPS) is 12.2. The van der Waals surface area contributed by atoms with Crippen LogP contribution in [0, 0.1) is 0 Å². The van der Waals surface area contributed by atoms with Gasteiger partial charge in [0.1, 0.15) is 0 Å². The number of nitrogens with zero attached hydrogens (tertiary/aromatic N) is 4. The van der Waals surface area contributed by atoms with Gasteiger partial charge in [0, 0.05) is 22.4 Å². The van der Waals surface area contributed by atoms with E-state index in [2.05, 4.69) is 118 Å². The van der Waals surface area contributed by atoms with E-state index in [0.29, 0.717) is 29.3 Å². The summed E-state index contributed by atoms with van der Waals surface area (Å²) in [6.45, 7) is 8.80. The van der Waals surface area contributed by atoms with Gasteiger partial charge in [-0.05, 0) is 71.5 Å². The molecule has 0 aliphatic carbocycles. The Hall–Kier alpha value is -5.29. The van der Waals surface area contributed by atoms with Gasteiger partial charge in [-0.1, -0.05) is 100 Å². The van der Waals surface area contributed by atoms with Crippen LogP contribution >= 0.6 is 0 Å². The number of hydrogen-bond acceptors (Lipinski definition) is 5. The van der Waals surface area contributed by atoms with Crippen molar-refractivity contribution in [1.29, 1.82) is 0 Å². The first kappa shape index (κ1) is 27.5. The van der Waals surface area contributed by atoms with Crippen LogP contribution in [0.5, 0.6) is 11.5 Å². The summed E-state index contributed by atoms with van der Waals surface area (Å²) in [7, 11) is 0. The first-order valence-electron chi connectivity index (χ1n) is 15.2. The molecule has 0 spiro atoms. The van der Waals surface area contributed by atoms with Crippen molar-refractivity contribution in [1.82, 2.24) is 15.0 Å². The van der Waals surface area contributed by atoms with Crippen LogP contribution in [-0.2, 0) is 0 Å². The Kier molecular flexibility index (Phi) is 7.15. The third-order valence-corrected chi connectivity index (χ3v) is 8.12. The lowest BCUT2D eigenvalue weighted by Gasteiger charge is -2.32. The lowest BCUT2D eigenvalue weighted by atomic mass is 10.0. The molecule has 6 aromatic rings. The second kappa shape index (κ2) is 11.4. The van der Waals surface area contributed by atoms with E-state index in [-0.39, 0.29) is 0 Å². The van der Waals surface area contributed by atoms with Crippen molar-refractivity contribution >= 4 is 17.1 Å². The quantitative estimate of drug-likeness (QED) is 0.198. The third-order valence-electron chi connectivity index (χ3n) is 8.12. The molecule has 0 radical (unpaired) electrons. The zero-order valence-electron chi connectivity index (χ0n) is 25.4. The summed E-state index contributed by atoms with van der Waals surface area (Å²) in [5, 5.41) is 0. The molecule has 0 N–H and O–H groups in total. The number of ether oxygens (including phenoxy) is 1. The van der Waals surface area contributed by atoms with Crippen molar-refractivity contribution in [2.45, 2.75) is 39.5 Å². The molecule has 0 bridgehead atoms. The number of aromatic nitrogens is 3. The monoisotopic (exact) mass is 574 g/mol. The Balaban J connectivity index is 1.30. The van der Waals surface area contributed by atoms with Gasteiger partial charge in [0.25, 0.3) is 0 Å². The fraction of sp³-hybridized carbons (Fsp3) is 0.154. The summed E-state index contributed by atoms with van der Waals surface area (Å²) in [5.74, 6) is 4.53. The zero-order valence-corrected chi connectivity index (χ0v) is 25.4. The van der Waals surface area contributed by atoms with Gasteiger partial charge in [-0.25, -0.2) is 15.0 Å². The molecule has 0 fully saturated rings. The van der Waals surface area contributed by atoms with E-state index in [4.69, 9.17) is 19.7 Å². The number of para-hydroxylation sites is 4. The van der Waals surface area contributed by atoms with Crippen LogP contribution in [0.15, 0.2) is 121 Å². The summed E-state index contributed by atoms with van der Waals surface area (Å²) in [4.78, 5) is 17.1. The van der Waals surface area contributed by atoms with Crippen LogP contribution in [0.2, 0.25) is 0 Å². The summed E-state index contributed by atoms with van der Waals surface area (Å²) in [5.41, 5.74) is 8.46. The summed E-state index contributed by atoms with van der Waals surface area (Å²) in [6, 6.07) is 41.7. The number of fused-ring (bicyclic) bond motifs is 2. The van der Waals surface area contributed by atoms with Crippen molar-refractivity contribution in [3.63, 3.8) is 0 Å². The molecule has 5 heteroatoms. The maximum Gasteiger partial charge on any atom is 0.164 e. The molecule has 1 aliphatic heterocycles. The van der Waals surface area contributed by atoms with Gasteiger partial charge in [-0.15, -0.1) is 0 Å². The van der Waals surface area contributed by atoms with E-state index < -0.39 is 0 Å². The van der Waals surface area contributed by atoms with Crippen molar-refractivity contribution < 1.29 is 4.74 Å². The Morgan fingerprint density at radius 2 is 0.818 bits per heavy atom. The highest BCUT2D eigenvalue weighted by molar-refractivity contribution is 5.86. The minimum atomic E-state index is 0.455. The van der Waals surface area contributed by atoms with Gasteiger partial charge in [-0.3, -0.25) is 0 Å². The molecule has 44 heavy (non-hydrogen) atoms. The minimum absolute atomic E-state index is 0.455. The van der Waals surface area contributed by atoms with Crippen LogP contribution in [0.1, 0.15) is 50.7 Å². The predicted molar refractivity (Wildman–Crippen MR) is 179 cm³/mol. The molecule has 0 atom stereocenters. The molecular weight excluding hydrogens is 540 g/mol. The lowest BCUT2D eigenvalue weighted by Crippen LogP contribution is -2.15. The van der Waals surface area contributed by atoms with E-state index in [0.717, 1.165) is 45.3 Å². The van der Waals surface area contributed by atoms with Gasteiger partial charge >= 0.3 is 0 Å². The maximum absolute atomic E-state index is 6.20. The van der Waals surface area contributed by atoms with Crippen molar-refractivity contribution in [2.75, 3.05) is 4.90 Å². The molecule has 5 nitrogen and oxygen atoms in total. The average Bonchev–Trinajstić information content (AvgIpc) is 3.07. The highest BCUT2D eigenvalue weighted by atomic mass is 16.5. The second-order valence-corrected chi connectivity index (χ2v) is 11.8. The van der Waals surface area contributed by atoms with Crippen LogP contribution in [0.4, 0.5) is 17.1 Å². The smallest absolute Gasteiger partial charge is 0.164 e. The standard InChI is InChI=1S/C39H34N4O/c1-25(2)27-13-17-29(18-14-27)37-40-38(30-19-15-28(16-20-30)26(3)4)42-39(41-37)31-21-23-32(24-22-31)43-33-9-5-7-11-35(33)44-36-12-8-6-10-34(36)43/h5-26H,1-4H3. The Labute approximate surface area is 258 Å². The number of rotatable bonds is 6. The highest BCUT2D eigenvalue weighted by Gasteiger charge is 2.25. The third kappa shape index (κ3) is 5.22. The molecular formula is C39H34N4O. The van der Waals surface area contributed by atoms with E-state index in [1.54, 1.807) is 0 Å². The highest BCUT2D eigenvalue weighted by Crippen LogP contribution is 2.50. The average molecular weight is 575 g/mol. The SMILES string of the molecule is CC(C)c1ccc(-c2nc(-c3ccc(C(C)C)cc3)nc(-c3ccc(N4c5ccccc5Oc5ccccc54)cc3)n2)cc1. The van der Waals surface area contributed by atoms with E-state index in [1.807, 2.05) is 36.4 Å². The van der Waals surface area contributed by atoms with Gasteiger partial charge in [0.05, 0.1) is 11.4 Å². The molecule has 2 heterocycles. The van der Waals surface area contributed by atoms with Crippen LogP contribution < -0.4 is 9.64 Å². The lowest BCUT2D eigenvalue weighted by molar-refractivity contribution is 0.477. The molecule has 7 rings (SSSR count). The fourth-order valence-electron chi connectivity index (χ4n) is 5.54. The summed E-state index contributed by atoms with van der Waals surface area (Å²) >= 11 is 0. The molecule has 1 aliphatic rings. The minimum Gasteiger partial charge on any atom is -0.453 e. The Bertz CT molecular complexity index is 1810. The Morgan fingerprint density at radius 1 is 0.455 bits per heavy atom. The van der Waals surface area contributed by atoms with Crippen LogP contribution in [0.25, 0.3) is 34.2 Å². The number of benzene rings is 5. The molecule has 1 aromatic heterocycles. The molecule has 0 unspecified atom stereocenters. The van der Waals surface area contributed by atoms with Crippen molar-refractivity contribution in [3.8, 4) is 45.7 Å². The maximum atomic E-state index is 6.20. The second-order valence-electron chi connectivity index (χ2n) is 11.8. The predicted octanol–water partition coefficient (Wildman–Crippen LogP) is 10.7. The zero-order chi connectivity index (χ0) is 30.2. The van der Waals surface area contributed by atoms with Crippen molar-refractivity contribution in [2.24, 2.45) is 0 Å². The topological polar surface area (TPSA) is 51.1 Å². The van der Waals surface area contributed by atoms with Gasteiger partial charge in [0.2, 0.25) is 0 Å². The van der Waals surface area contributed by atoms with Gasteiger partial charge in [-0.2, -0.15) is 0 Å². The first-order valence-corrected chi connectivity index (χ1v) is 15.2. The van der Waals surface area contributed by atoms with Gasteiger partial charge in [0.15, 0.2) is 29.0 Å². The largest absolute Gasteiger partial charge is 0.453 e.